The lowest BCUT2D eigenvalue weighted by Gasteiger charge is -2.19. The first-order valence-electron chi connectivity index (χ1n) is 6.45. The monoisotopic (exact) mass is 218 g/mol. The van der Waals surface area contributed by atoms with Crippen molar-refractivity contribution in [2.75, 3.05) is 0 Å². The summed E-state index contributed by atoms with van der Waals surface area (Å²) in [5.74, 6) is 0.946. The summed E-state index contributed by atoms with van der Waals surface area (Å²) in [4.78, 5) is 4.06. The third-order valence-electron chi connectivity index (χ3n) is 3.81. The molecule has 1 heterocycles. The zero-order valence-electron chi connectivity index (χ0n) is 10.3. The molecular formula is C14H22N2. The highest BCUT2D eigenvalue weighted by Gasteiger charge is 2.24. The molecule has 1 aromatic rings. The van der Waals surface area contributed by atoms with Crippen molar-refractivity contribution in [3.8, 4) is 0 Å². The van der Waals surface area contributed by atoms with Gasteiger partial charge in [-0.3, -0.25) is 4.98 Å². The number of hydrogen-bond acceptors (Lipinski definition) is 2. The summed E-state index contributed by atoms with van der Waals surface area (Å²) in [6.45, 7) is 4.55. The van der Waals surface area contributed by atoms with Crippen LogP contribution in [0.15, 0.2) is 24.5 Å². The van der Waals surface area contributed by atoms with E-state index in [2.05, 4.69) is 36.3 Å². The molecule has 1 aromatic heterocycles. The Morgan fingerprint density at radius 2 is 2.12 bits per heavy atom. The number of pyridine rings is 1. The summed E-state index contributed by atoms with van der Waals surface area (Å²) >= 11 is 0. The number of hydrogen-bond donors (Lipinski definition) is 1. The fourth-order valence-electron chi connectivity index (χ4n) is 2.70. The Hall–Kier alpha value is -0.890. The van der Waals surface area contributed by atoms with Crippen LogP contribution in [0.25, 0.3) is 0 Å². The Balaban J connectivity index is 1.86. The van der Waals surface area contributed by atoms with E-state index in [1.165, 1.54) is 31.2 Å². The lowest BCUT2D eigenvalue weighted by atomic mass is 10.0. The second-order valence-electron chi connectivity index (χ2n) is 4.95. The molecule has 0 bridgehead atoms. The van der Waals surface area contributed by atoms with Crippen molar-refractivity contribution in [1.29, 1.82) is 0 Å². The van der Waals surface area contributed by atoms with E-state index in [9.17, 15) is 0 Å². The van der Waals surface area contributed by atoms with Crippen LogP contribution in [-0.2, 0) is 0 Å². The predicted molar refractivity (Wildman–Crippen MR) is 67.2 cm³/mol. The topological polar surface area (TPSA) is 24.9 Å². The van der Waals surface area contributed by atoms with Crippen LogP contribution < -0.4 is 5.32 Å². The summed E-state index contributed by atoms with van der Waals surface area (Å²) in [6.07, 6.45) is 9.17. The van der Waals surface area contributed by atoms with E-state index in [0.29, 0.717) is 12.1 Å². The van der Waals surface area contributed by atoms with Crippen molar-refractivity contribution < 1.29 is 0 Å². The molecule has 2 rings (SSSR count). The van der Waals surface area contributed by atoms with E-state index >= 15 is 0 Å². The average Bonchev–Trinajstić information content (AvgIpc) is 2.78. The van der Waals surface area contributed by atoms with Crippen LogP contribution in [0.3, 0.4) is 0 Å². The molecular weight excluding hydrogens is 196 g/mol. The minimum Gasteiger partial charge on any atom is -0.307 e. The van der Waals surface area contributed by atoms with Crippen molar-refractivity contribution >= 4 is 0 Å². The second-order valence-corrected chi connectivity index (χ2v) is 4.95. The smallest absolute Gasteiger partial charge is 0.0295 e. The molecule has 2 nitrogen and oxygen atoms in total. The largest absolute Gasteiger partial charge is 0.307 e. The molecule has 88 valence electrons. The minimum atomic E-state index is 0.448. The number of nitrogens with zero attached hydrogens (tertiary/aromatic N) is 1. The zero-order valence-corrected chi connectivity index (χ0v) is 10.3. The van der Waals surface area contributed by atoms with Crippen LogP contribution in [0, 0.1) is 5.92 Å². The SMILES string of the molecule is CCC1CCC(NC(C)c2ccncc2)C1. The molecule has 1 aliphatic carbocycles. The Labute approximate surface area is 98.5 Å². The molecule has 0 saturated heterocycles. The van der Waals surface area contributed by atoms with Crippen LogP contribution in [0.4, 0.5) is 0 Å². The van der Waals surface area contributed by atoms with Gasteiger partial charge >= 0.3 is 0 Å². The molecule has 0 aromatic carbocycles. The third-order valence-corrected chi connectivity index (χ3v) is 3.81. The maximum atomic E-state index is 4.06. The average molecular weight is 218 g/mol. The molecule has 16 heavy (non-hydrogen) atoms. The quantitative estimate of drug-likeness (QED) is 0.838. The van der Waals surface area contributed by atoms with Gasteiger partial charge in [0.05, 0.1) is 0 Å². The van der Waals surface area contributed by atoms with Gasteiger partial charge in [0.15, 0.2) is 0 Å². The van der Waals surface area contributed by atoms with Gasteiger partial charge in [0.25, 0.3) is 0 Å². The molecule has 0 aliphatic heterocycles. The van der Waals surface area contributed by atoms with E-state index in [4.69, 9.17) is 0 Å². The maximum absolute atomic E-state index is 4.06. The standard InChI is InChI=1S/C14H22N2/c1-3-12-4-5-14(10-12)16-11(2)13-6-8-15-9-7-13/h6-9,11-12,14,16H,3-5,10H2,1-2H3. The van der Waals surface area contributed by atoms with Crippen LogP contribution >= 0.6 is 0 Å². The van der Waals surface area contributed by atoms with Crippen LogP contribution in [-0.4, -0.2) is 11.0 Å². The number of aromatic nitrogens is 1. The van der Waals surface area contributed by atoms with Crippen molar-refractivity contribution in [3.05, 3.63) is 30.1 Å². The number of nitrogens with one attached hydrogen (secondary N) is 1. The zero-order chi connectivity index (χ0) is 11.4. The van der Waals surface area contributed by atoms with Gasteiger partial charge in [-0.1, -0.05) is 13.3 Å². The highest BCUT2D eigenvalue weighted by Crippen LogP contribution is 2.29. The van der Waals surface area contributed by atoms with Gasteiger partial charge < -0.3 is 5.32 Å². The first kappa shape index (κ1) is 11.6. The molecule has 0 spiro atoms. The van der Waals surface area contributed by atoms with Crippen molar-refractivity contribution in [2.24, 2.45) is 5.92 Å². The predicted octanol–water partition coefficient (Wildman–Crippen LogP) is 3.31. The minimum absolute atomic E-state index is 0.448. The van der Waals surface area contributed by atoms with E-state index in [-0.39, 0.29) is 0 Å². The molecule has 0 amide bonds. The first-order chi connectivity index (χ1) is 7.79. The summed E-state index contributed by atoms with van der Waals surface area (Å²) in [5.41, 5.74) is 1.34. The highest BCUT2D eigenvalue weighted by molar-refractivity contribution is 5.14. The summed E-state index contributed by atoms with van der Waals surface area (Å²) < 4.78 is 0. The molecule has 3 atom stereocenters. The first-order valence-corrected chi connectivity index (χ1v) is 6.45. The van der Waals surface area contributed by atoms with Crippen LogP contribution in [0.5, 0.6) is 0 Å². The third kappa shape index (κ3) is 2.82. The highest BCUT2D eigenvalue weighted by atomic mass is 14.9. The van der Waals surface area contributed by atoms with Crippen LogP contribution in [0.1, 0.15) is 51.1 Å². The van der Waals surface area contributed by atoms with Crippen molar-refractivity contribution in [2.45, 2.75) is 51.6 Å². The van der Waals surface area contributed by atoms with Gasteiger partial charge in [-0.05, 0) is 49.8 Å². The molecule has 3 unspecified atom stereocenters. The number of rotatable bonds is 4. The van der Waals surface area contributed by atoms with Gasteiger partial charge in [-0.2, -0.15) is 0 Å². The summed E-state index contributed by atoms with van der Waals surface area (Å²) in [7, 11) is 0. The Morgan fingerprint density at radius 1 is 1.38 bits per heavy atom. The second kappa shape index (κ2) is 5.44. The van der Waals surface area contributed by atoms with Crippen LogP contribution in [0.2, 0.25) is 0 Å². The lowest BCUT2D eigenvalue weighted by Crippen LogP contribution is -2.29. The summed E-state index contributed by atoms with van der Waals surface area (Å²) in [5, 5.41) is 3.73. The molecule has 0 radical (unpaired) electrons. The summed E-state index contributed by atoms with van der Waals surface area (Å²) in [6, 6.07) is 5.37. The lowest BCUT2D eigenvalue weighted by molar-refractivity contribution is 0.437. The maximum Gasteiger partial charge on any atom is 0.0295 e. The Morgan fingerprint density at radius 3 is 2.75 bits per heavy atom. The molecule has 1 aliphatic rings. The fourth-order valence-corrected chi connectivity index (χ4v) is 2.70. The Bertz CT molecular complexity index is 310. The van der Waals surface area contributed by atoms with E-state index in [1.54, 1.807) is 0 Å². The van der Waals surface area contributed by atoms with Gasteiger partial charge in [-0.25, -0.2) is 0 Å². The fraction of sp³-hybridized carbons (Fsp3) is 0.643. The molecule has 2 heteroatoms. The van der Waals surface area contributed by atoms with Gasteiger partial charge in [-0.15, -0.1) is 0 Å². The van der Waals surface area contributed by atoms with Gasteiger partial charge in [0.2, 0.25) is 0 Å². The van der Waals surface area contributed by atoms with Crippen molar-refractivity contribution in [1.82, 2.24) is 10.3 Å². The van der Waals surface area contributed by atoms with E-state index in [0.717, 1.165) is 5.92 Å². The van der Waals surface area contributed by atoms with Gasteiger partial charge in [0.1, 0.15) is 0 Å². The van der Waals surface area contributed by atoms with Crippen molar-refractivity contribution in [3.63, 3.8) is 0 Å². The molecule has 1 saturated carbocycles. The molecule has 1 N–H and O–H groups in total. The van der Waals surface area contributed by atoms with E-state index < -0.39 is 0 Å². The molecule has 1 fully saturated rings. The normalized spacial score (nSPS) is 26.9. The Kier molecular flexibility index (Phi) is 3.94. The van der Waals surface area contributed by atoms with E-state index in [1.807, 2.05) is 12.4 Å². The van der Waals surface area contributed by atoms with Gasteiger partial charge in [0, 0.05) is 24.5 Å².